The Bertz CT molecular complexity index is 277. The van der Waals surface area contributed by atoms with Crippen LogP contribution in [0, 0.1) is 0 Å². The van der Waals surface area contributed by atoms with E-state index < -0.39 is 0 Å². The van der Waals surface area contributed by atoms with Gasteiger partial charge in [0.2, 0.25) is 0 Å². The first-order valence-electron chi connectivity index (χ1n) is 5.48. The number of aliphatic hydroxyl groups excluding tert-OH is 1. The monoisotopic (exact) mass is 258 g/mol. The molecule has 0 aliphatic rings. The van der Waals surface area contributed by atoms with Crippen LogP contribution >= 0.6 is 0 Å². The van der Waals surface area contributed by atoms with Gasteiger partial charge in [-0.15, -0.1) is 0 Å². The summed E-state index contributed by atoms with van der Waals surface area (Å²) in [4.78, 5) is 18.8. The highest BCUT2D eigenvalue weighted by Gasteiger charge is 2.04. The van der Waals surface area contributed by atoms with Gasteiger partial charge in [0.05, 0.1) is 20.8 Å². The number of hydrogen-bond acceptors (Lipinski definition) is 6. The fraction of sp³-hybridized carbons (Fsp3) is 0.500. The lowest BCUT2D eigenvalue weighted by atomic mass is 10.1. The minimum absolute atomic E-state index is 0.0390. The zero-order chi connectivity index (χ0) is 13.2. The Balaban J connectivity index is 2.74. The minimum Gasteiger partial charge on any atom is -0.491 e. The Hall–Kier alpha value is -1.18. The average molecular weight is 258 g/mol. The van der Waals surface area contributed by atoms with Crippen molar-refractivity contribution in [3.8, 4) is 5.75 Å². The van der Waals surface area contributed by atoms with Crippen molar-refractivity contribution >= 4 is 0 Å². The van der Waals surface area contributed by atoms with E-state index in [1.165, 1.54) is 14.2 Å². The first-order valence-corrected chi connectivity index (χ1v) is 5.48. The van der Waals surface area contributed by atoms with Crippen molar-refractivity contribution in [2.24, 2.45) is 0 Å². The van der Waals surface area contributed by atoms with Gasteiger partial charge in [0.15, 0.2) is 0 Å². The lowest BCUT2D eigenvalue weighted by Gasteiger charge is -2.10. The predicted molar refractivity (Wildman–Crippen MR) is 62.6 cm³/mol. The summed E-state index contributed by atoms with van der Waals surface area (Å²) >= 11 is 0. The van der Waals surface area contributed by atoms with Crippen LogP contribution in [-0.2, 0) is 32.8 Å². The molecule has 0 aliphatic heterocycles. The second-order valence-corrected chi connectivity index (χ2v) is 3.41. The predicted octanol–water partition coefficient (Wildman–Crippen LogP) is 1.21. The Morgan fingerprint density at radius 2 is 1.50 bits per heavy atom. The molecular formula is C12H18O6. The maximum atomic E-state index is 8.73. The van der Waals surface area contributed by atoms with E-state index in [1.807, 2.05) is 18.2 Å². The summed E-state index contributed by atoms with van der Waals surface area (Å²) < 4.78 is 5.35. The maximum Gasteiger partial charge on any atom is 0.120 e. The molecule has 6 nitrogen and oxygen atoms in total. The van der Waals surface area contributed by atoms with Crippen molar-refractivity contribution in [2.45, 2.75) is 13.2 Å². The van der Waals surface area contributed by atoms with Gasteiger partial charge in [0, 0.05) is 0 Å². The molecule has 6 heteroatoms. The molecule has 1 aromatic rings. The third-order valence-electron chi connectivity index (χ3n) is 2.07. The molecule has 1 aromatic carbocycles. The highest BCUT2D eigenvalue weighted by Crippen LogP contribution is 2.19. The van der Waals surface area contributed by atoms with E-state index in [2.05, 4.69) is 9.78 Å². The molecule has 0 heterocycles. The van der Waals surface area contributed by atoms with Gasteiger partial charge >= 0.3 is 0 Å². The molecule has 0 aliphatic carbocycles. The van der Waals surface area contributed by atoms with Gasteiger partial charge in [-0.05, 0) is 23.3 Å². The van der Waals surface area contributed by atoms with Crippen LogP contribution in [0.3, 0.4) is 0 Å². The normalized spacial score (nSPS) is 10.6. The number of rotatable bonds is 9. The van der Waals surface area contributed by atoms with Crippen molar-refractivity contribution in [1.82, 2.24) is 0 Å². The van der Waals surface area contributed by atoms with Crippen LogP contribution in [0.4, 0.5) is 0 Å². The molecule has 0 bridgehead atoms. The van der Waals surface area contributed by atoms with Crippen molar-refractivity contribution in [1.29, 1.82) is 0 Å². The third-order valence-corrected chi connectivity index (χ3v) is 2.07. The molecule has 0 aromatic heterocycles. The highest BCUT2D eigenvalue weighted by atomic mass is 17.2. The molecule has 0 radical (unpaired) electrons. The topological polar surface area (TPSA) is 66.4 Å². The Kier molecular flexibility index (Phi) is 7.31. The van der Waals surface area contributed by atoms with Crippen LogP contribution in [0.2, 0.25) is 0 Å². The maximum absolute atomic E-state index is 8.73. The van der Waals surface area contributed by atoms with E-state index in [0.717, 1.165) is 11.1 Å². The summed E-state index contributed by atoms with van der Waals surface area (Å²) in [6.07, 6.45) is 0. The van der Waals surface area contributed by atoms with Crippen LogP contribution in [0.5, 0.6) is 5.75 Å². The zero-order valence-corrected chi connectivity index (χ0v) is 10.5. The van der Waals surface area contributed by atoms with Gasteiger partial charge < -0.3 is 9.84 Å². The van der Waals surface area contributed by atoms with Gasteiger partial charge in [-0.1, -0.05) is 6.07 Å². The van der Waals surface area contributed by atoms with Gasteiger partial charge in [0.25, 0.3) is 0 Å². The highest BCUT2D eigenvalue weighted by molar-refractivity contribution is 5.34. The van der Waals surface area contributed by atoms with Gasteiger partial charge in [0.1, 0.15) is 25.6 Å². The third kappa shape index (κ3) is 5.44. The molecule has 0 saturated heterocycles. The van der Waals surface area contributed by atoms with Gasteiger partial charge in [-0.3, -0.25) is 0 Å². The van der Waals surface area contributed by atoms with E-state index in [0.29, 0.717) is 19.0 Å². The molecule has 0 unspecified atom stereocenters. The standard InChI is InChI=1S/C12H18O6/c1-14-17-8-10-5-11(9-18-15-2)7-12(6-10)16-4-3-13/h5-7,13H,3-4,8-9H2,1-2H3. The van der Waals surface area contributed by atoms with E-state index >= 15 is 0 Å². The molecule has 18 heavy (non-hydrogen) atoms. The van der Waals surface area contributed by atoms with Crippen LogP contribution < -0.4 is 4.74 Å². The molecule has 1 N–H and O–H groups in total. The Morgan fingerprint density at radius 1 is 0.944 bits per heavy atom. The Morgan fingerprint density at radius 3 is 1.94 bits per heavy atom. The average Bonchev–Trinajstić information content (AvgIpc) is 2.40. The van der Waals surface area contributed by atoms with Crippen molar-refractivity contribution in [3.05, 3.63) is 29.3 Å². The summed E-state index contributed by atoms with van der Waals surface area (Å²) in [5.74, 6) is 0.635. The molecule has 1 rings (SSSR count). The van der Waals surface area contributed by atoms with E-state index in [1.54, 1.807) is 0 Å². The van der Waals surface area contributed by atoms with Crippen molar-refractivity contribution < 1.29 is 29.4 Å². The SMILES string of the molecule is COOCc1cc(COOC)cc(OCCO)c1. The fourth-order valence-corrected chi connectivity index (χ4v) is 1.40. The van der Waals surface area contributed by atoms with Crippen LogP contribution in [0.25, 0.3) is 0 Å². The lowest BCUT2D eigenvalue weighted by Crippen LogP contribution is -2.03. The first kappa shape index (κ1) is 14.9. The summed E-state index contributed by atoms with van der Waals surface area (Å²) in [5.41, 5.74) is 1.75. The number of aliphatic hydroxyl groups is 1. The largest absolute Gasteiger partial charge is 0.491 e. The van der Waals surface area contributed by atoms with Gasteiger partial charge in [-0.2, -0.15) is 0 Å². The first-order chi connectivity index (χ1) is 8.80. The quantitative estimate of drug-likeness (QED) is 0.530. The summed E-state index contributed by atoms with van der Waals surface area (Å²) in [7, 11) is 2.89. The number of ether oxygens (including phenoxy) is 1. The molecule has 0 atom stereocenters. The molecule has 0 saturated carbocycles. The smallest absolute Gasteiger partial charge is 0.120 e. The number of hydrogen-bond donors (Lipinski definition) is 1. The second kappa shape index (κ2) is 8.84. The Labute approximate surface area is 106 Å². The zero-order valence-electron chi connectivity index (χ0n) is 10.5. The summed E-state index contributed by atoms with van der Waals surface area (Å²) in [6.45, 7) is 0.793. The summed E-state index contributed by atoms with van der Waals surface area (Å²) in [6, 6.07) is 5.51. The lowest BCUT2D eigenvalue weighted by molar-refractivity contribution is -0.283. The molecular weight excluding hydrogens is 240 g/mol. The van der Waals surface area contributed by atoms with Gasteiger partial charge in [-0.25, -0.2) is 19.6 Å². The van der Waals surface area contributed by atoms with Crippen molar-refractivity contribution in [3.63, 3.8) is 0 Å². The van der Waals surface area contributed by atoms with E-state index in [9.17, 15) is 0 Å². The number of benzene rings is 1. The molecule has 102 valence electrons. The molecule has 0 spiro atoms. The summed E-state index contributed by atoms with van der Waals surface area (Å²) in [5, 5.41) is 8.73. The van der Waals surface area contributed by atoms with Crippen molar-refractivity contribution in [2.75, 3.05) is 27.4 Å². The van der Waals surface area contributed by atoms with Crippen LogP contribution in [-0.4, -0.2) is 32.5 Å². The molecule has 0 fully saturated rings. The van der Waals surface area contributed by atoms with Crippen LogP contribution in [0.15, 0.2) is 18.2 Å². The van der Waals surface area contributed by atoms with E-state index in [4.69, 9.17) is 19.6 Å². The van der Waals surface area contributed by atoms with Crippen LogP contribution in [0.1, 0.15) is 11.1 Å². The molecule has 0 amide bonds. The minimum atomic E-state index is -0.0390. The fourth-order valence-electron chi connectivity index (χ4n) is 1.40. The second-order valence-electron chi connectivity index (χ2n) is 3.41. The van der Waals surface area contributed by atoms with E-state index in [-0.39, 0.29) is 13.2 Å².